The van der Waals surface area contributed by atoms with Gasteiger partial charge in [-0.25, -0.2) is 0 Å². The Morgan fingerprint density at radius 3 is 2.79 bits per heavy atom. The number of likely N-dealkylation sites (tertiary alicyclic amines) is 1. The topological polar surface area (TPSA) is 76.2 Å². The fourth-order valence-electron chi connectivity index (χ4n) is 3.27. The molecule has 0 unspecified atom stereocenters. The Kier molecular flexibility index (Phi) is 5.48. The molecule has 1 amide bonds. The summed E-state index contributed by atoms with van der Waals surface area (Å²) in [5, 5.41) is 8.47. The van der Waals surface area contributed by atoms with Crippen LogP contribution >= 0.6 is 0 Å². The van der Waals surface area contributed by atoms with Gasteiger partial charge in [-0.2, -0.15) is 5.10 Å². The summed E-state index contributed by atoms with van der Waals surface area (Å²) in [4.78, 5) is 14.9. The van der Waals surface area contributed by atoms with E-state index in [0.717, 1.165) is 56.3 Å². The molecule has 0 bridgehead atoms. The zero-order valence-electron chi connectivity index (χ0n) is 14.4. The number of hydrogen-bond donors (Lipinski definition) is 2. The number of hydrogen-bond acceptors (Lipinski definition) is 4. The summed E-state index contributed by atoms with van der Waals surface area (Å²) in [6.07, 6.45) is 3.07. The molecule has 0 saturated carbocycles. The molecule has 1 aliphatic heterocycles. The second kappa shape index (κ2) is 7.77. The number of para-hydroxylation sites is 1. The first-order valence-corrected chi connectivity index (χ1v) is 8.90. The summed E-state index contributed by atoms with van der Waals surface area (Å²) < 4.78 is 1.93. The molecule has 3 N–H and O–H groups in total. The van der Waals surface area contributed by atoms with Gasteiger partial charge < -0.3 is 16.0 Å². The molecule has 6 heteroatoms. The van der Waals surface area contributed by atoms with Crippen molar-refractivity contribution in [3.63, 3.8) is 0 Å². The Morgan fingerprint density at radius 2 is 2.04 bits per heavy atom. The first kappa shape index (κ1) is 16.9. The summed E-state index contributed by atoms with van der Waals surface area (Å²) in [6.45, 7) is 6.48. The highest BCUT2D eigenvalue weighted by molar-refractivity contribution is 6.04. The number of nitrogens with zero attached hydrogens (tertiary/aromatic N) is 3. The predicted octanol–water partition coefficient (Wildman–Crippen LogP) is 1.60. The maximum Gasteiger partial charge on any atom is 0.272 e. The number of benzene rings is 1. The molecule has 1 aromatic heterocycles. The van der Waals surface area contributed by atoms with Crippen LogP contribution in [0, 0.1) is 0 Å². The Bertz CT molecular complexity index is 688. The van der Waals surface area contributed by atoms with Gasteiger partial charge >= 0.3 is 0 Å². The van der Waals surface area contributed by atoms with Gasteiger partial charge in [0.25, 0.3) is 5.91 Å². The van der Waals surface area contributed by atoms with E-state index in [1.165, 1.54) is 0 Å². The Morgan fingerprint density at radius 1 is 1.29 bits per heavy atom. The van der Waals surface area contributed by atoms with Crippen LogP contribution < -0.4 is 11.1 Å². The van der Waals surface area contributed by atoms with Crippen molar-refractivity contribution in [1.29, 1.82) is 0 Å². The highest BCUT2D eigenvalue weighted by Gasteiger charge is 2.18. The van der Waals surface area contributed by atoms with Gasteiger partial charge in [-0.1, -0.05) is 25.1 Å². The van der Waals surface area contributed by atoms with Crippen molar-refractivity contribution in [3.05, 3.63) is 30.0 Å². The van der Waals surface area contributed by atoms with Gasteiger partial charge in [0.15, 0.2) is 5.69 Å². The molecule has 0 atom stereocenters. The van der Waals surface area contributed by atoms with Gasteiger partial charge in [0.05, 0.1) is 5.52 Å². The average molecular weight is 329 g/mol. The average Bonchev–Trinajstić information content (AvgIpc) is 2.96. The Balaban J connectivity index is 1.61. The van der Waals surface area contributed by atoms with Crippen molar-refractivity contribution in [2.45, 2.75) is 38.8 Å². The monoisotopic (exact) mass is 329 g/mol. The number of nitrogens with one attached hydrogen (secondary N) is 1. The molecule has 24 heavy (non-hydrogen) atoms. The normalized spacial score (nSPS) is 16.6. The van der Waals surface area contributed by atoms with Crippen LogP contribution in [0.1, 0.15) is 36.7 Å². The van der Waals surface area contributed by atoms with Gasteiger partial charge in [0.1, 0.15) is 0 Å². The van der Waals surface area contributed by atoms with Crippen LogP contribution in [-0.2, 0) is 6.54 Å². The van der Waals surface area contributed by atoms with E-state index in [4.69, 9.17) is 5.73 Å². The molecule has 130 valence electrons. The summed E-state index contributed by atoms with van der Waals surface area (Å²) in [7, 11) is 0. The Hall–Kier alpha value is -1.92. The highest BCUT2D eigenvalue weighted by atomic mass is 16.1. The molecule has 0 aliphatic carbocycles. The largest absolute Gasteiger partial charge is 0.349 e. The van der Waals surface area contributed by atoms with Gasteiger partial charge in [-0.15, -0.1) is 0 Å². The van der Waals surface area contributed by atoms with Crippen LogP contribution in [0.5, 0.6) is 0 Å². The van der Waals surface area contributed by atoms with E-state index < -0.39 is 0 Å². The fourth-order valence-corrected chi connectivity index (χ4v) is 3.27. The number of amides is 1. The minimum Gasteiger partial charge on any atom is -0.349 e. The van der Waals surface area contributed by atoms with E-state index in [1.54, 1.807) is 0 Å². The summed E-state index contributed by atoms with van der Waals surface area (Å²) >= 11 is 0. The molecule has 3 rings (SSSR count). The molecule has 1 fully saturated rings. The van der Waals surface area contributed by atoms with Crippen LogP contribution in [0.15, 0.2) is 24.3 Å². The standard InChI is InChI=1S/C18H27N5O/c1-2-10-23-16-6-4-3-5-15(16)17(21-23)18(24)20-9-13-22-11-7-14(19)8-12-22/h3-6,14H,2,7-13,19H2,1H3,(H,20,24). The highest BCUT2D eigenvalue weighted by Crippen LogP contribution is 2.18. The lowest BCUT2D eigenvalue weighted by molar-refractivity contribution is 0.0941. The third-order valence-corrected chi connectivity index (χ3v) is 4.65. The van der Waals surface area contributed by atoms with Gasteiger partial charge in [-0.05, 0) is 38.4 Å². The molecule has 1 saturated heterocycles. The molecule has 0 radical (unpaired) electrons. The van der Waals surface area contributed by atoms with E-state index in [1.807, 2.05) is 28.9 Å². The Labute approximate surface area is 143 Å². The third-order valence-electron chi connectivity index (χ3n) is 4.65. The van der Waals surface area contributed by atoms with Crippen LogP contribution in [0.2, 0.25) is 0 Å². The van der Waals surface area contributed by atoms with E-state index in [0.29, 0.717) is 18.3 Å². The molecule has 2 heterocycles. The second-order valence-corrected chi connectivity index (χ2v) is 6.52. The van der Waals surface area contributed by atoms with E-state index >= 15 is 0 Å². The first-order chi connectivity index (χ1) is 11.7. The number of nitrogens with two attached hydrogens (primary N) is 1. The van der Waals surface area contributed by atoms with E-state index in [9.17, 15) is 4.79 Å². The summed E-state index contributed by atoms with van der Waals surface area (Å²) in [5.74, 6) is -0.0882. The summed E-state index contributed by atoms with van der Waals surface area (Å²) in [6, 6.07) is 8.26. The maximum absolute atomic E-state index is 12.5. The lowest BCUT2D eigenvalue weighted by Gasteiger charge is -2.29. The maximum atomic E-state index is 12.5. The van der Waals surface area contributed by atoms with Crippen LogP contribution in [0.25, 0.3) is 10.9 Å². The summed E-state index contributed by atoms with van der Waals surface area (Å²) in [5.41, 5.74) is 7.47. The van der Waals surface area contributed by atoms with Crippen LogP contribution in [-0.4, -0.2) is 52.8 Å². The molecule has 6 nitrogen and oxygen atoms in total. The minimum absolute atomic E-state index is 0.0882. The quantitative estimate of drug-likeness (QED) is 0.844. The van der Waals surface area contributed by atoms with E-state index in [-0.39, 0.29) is 5.91 Å². The number of fused-ring (bicyclic) bond motifs is 1. The predicted molar refractivity (Wildman–Crippen MR) is 96.0 cm³/mol. The van der Waals surface area contributed by atoms with Gasteiger partial charge in [0.2, 0.25) is 0 Å². The molecular weight excluding hydrogens is 302 g/mol. The number of aromatic nitrogens is 2. The van der Waals surface area contributed by atoms with Crippen molar-refractivity contribution in [3.8, 4) is 0 Å². The van der Waals surface area contributed by atoms with E-state index in [2.05, 4.69) is 22.2 Å². The number of carbonyl (C=O) groups excluding carboxylic acids is 1. The minimum atomic E-state index is -0.0882. The van der Waals surface area contributed by atoms with Gasteiger partial charge in [0, 0.05) is 31.1 Å². The third kappa shape index (κ3) is 3.76. The molecule has 0 spiro atoms. The smallest absolute Gasteiger partial charge is 0.272 e. The number of piperidine rings is 1. The second-order valence-electron chi connectivity index (χ2n) is 6.52. The van der Waals surface area contributed by atoms with Crippen molar-refractivity contribution in [2.75, 3.05) is 26.2 Å². The molecule has 1 aromatic carbocycles. The number of carbonyl (C=O) groups is 1. The van der Waals surface area contributed by atoms with Crippen LogP contribution in [0.4, 0.5) is 0 Å². The zero-order chi connectivity index (χ0) is 16.9. The van der Waals surface area contributed by atoms with Crippen molar-refractivity contribution < 1.29 is 4.79 Å². The van der Waals surface area contributed by atoms with Crippen molar-refractivity contribution >= 4 is 16.8 Å². The van der Waals surface area contributed by atoms with Gasteiger partial charge in [-0.3, -0.25) is 9.48 Å². The van der Waals surface area contributed by atoms with Crippen molar-refractivity contribution in [2.24, 2.45) is 5.73 Å². The first-order valence-electron chi connectivity index (χ1n) is 8.90. The molecule has 2 aromatic rings. The zero-order valence-corrected chi connectivity index (χ0v) is 14.4. The lowest BCUT2D eigenvalue weighted by atomic mass is 10.1. The SMILES string of the molecule is CCCn1nc(C(=O)NCCN2CCC(N)CC2)c2ccccc21. The lowest BCUT2D eigenvalue weighted by Crippen LogP contribution is -2.43. The number of rotatable bonds is 6. The van der Waals surface area contributed by atoms with Crippen LogP contribution in [0.3, 0.4) is 0 Å². The fraction of sp³-hybridized carbons (Fsp3) is 0.556. The number of aryl methyl sites for hydroxylation is 1. The van der Waals surface area contributed by atoms with Crippen molar-refractivity contribution in [1.82, 2.24) is 20.0 Å². The molecule has 1 aliphatic rings. The molecular formula is C18H27N5O.